The lowest BCUT2D eigenvalue weighted by Crippen LogP contribution is -2.30. The number of aromatic hydroxyl groups is 1. The van der Waals surface area contributed by atoms with Crippen LogP contribution in [0.15, 0.2) is 54.6 Å². The first kappa shape index (κ1) is 19.7. The summed E-state index contributed by atoms with van der Waals surface area (Å²) in [5.41, 5.74) is 0.942. The fourth-order valence-electron chi connectivity index (χ4n) is 2.66. The molecule has 0 fully saturated rings. The van der Waals surface area contributed by atoms with Crippen LogP contribution in [0.1, 0.15) is 28.5 Å². The number of aliphatic carboxylic acids is 1. The molecular weight excluding hydrogens is 405 g/mol. The van der Waals surface area contributed by atoms with Gasteiger partial charge in [-0.15, -0.1) is 0 Å². The van der Waals surface area contributed by atoms with Crippen molar-refractivity contribution in [2.24, 2.45) is 0 Å². The fraction of sp³-hybridized carbons (Fsp3) is 0.105. The van der Waals surface area contributed by atoms with Crippen LogP contribution in [0.4, 0.5) is 0 Å². The second-order valence-corrected chi connectivity index (χ2v) is 6.83. The van der Waals surface area contributed by atoms with Crippen LogP contribution in [-0.4, -0.2) is 31.9 Å². The molecule has 1 heterocycles. The predicted molar refractivity (Wildman–Crippen MR) is 104 cm³/mol. The summed E-state index contributed by atoms with van der Waals surface area (Å²) in [7, 11) is 0. The number of aromatic nitrogens is 2. The zero-order valence-electron chi connectivity index (χ0n) is 14.3. The van der Waals surface area contributed by atoms with Crippen molar-refractivity contribution in [2.45, 2.75) is 12.5 Å². The van der Waals surface area contributed by atoms with E-state index in [1.165, 1.54) is 6.07 Å². The second kappa shape index (κ2) is 8.33. The number of rotatable bonds is 6. The molecule has 3 N–H and O–H groups in total. The van der Waals surface area contributed by atoms with E-state index >= 15 is 0 Å². The number of carbonyl (C=O) groups excluding carboxylic acids is 1. The van der Waals surface area contributed by atoms with Gasteiger partial charge in [0.05, 0.1) is 18.2 Å². The van der Waals surface area contributed by atoms with Gasteiger partial charge in [-0.2, -0.15) is 5.10 Å². The number of hydrogen-bond donors (Lipinski definition) is 3. The first-order valence-corrected chi connectivity index (χ1v) is 8.92. The number of amides is 1. The Balaban J connectivity index is 1.86. The Morgan fingerprint density at radius 2 is 1.75 bits per heavy atom. The van der Waals surface area contributed by atoms with Gasteiger partial charge in [-0.05, 0) is 35.9 Å². The van der Waals surface area contributed by atoms with E-state index in [9.17, 15) is 14.7 Å². The quantitative estimate of drug-likeness (QED) is 0.562. The van der Waals surface area contributed by atoms with Crippen LogP contribution >= 0.6 is 23.2 Å². The SMILES string of the molecule is O=C(O)C[C@H](NC(=O)c1cc(O)n(-c2cccc(Cl)c2)n1)c1cccc(Cl)c1. The van der Waals surface area contributed by atoms with E-state index in [0.29, 0.717) is 21.3 Å². The topological polar surface area (TPSA) is 104 Å². The normalized spacial score (nSPS) is 11.8. The number of halogens is 2. The summed E-state index contributed by atoms with van der Waals surface area (Å²) >= 11 is 11.9. The number of hydrogen-bond acceptors (Lipinski definition) is 4. The van der Waals surface area contributed by atoms with Gasteiger partial charge in [0.1, 0.15) is 0 Å². The summed E-state index contributed by atoms with van der Waals surface area (Å²) in [6, 6.07) is 13.5. The third-order valence-corrected chi connectivity index (χ3v) is 4.38. The smallest absolute Gasteiger partial charge is 0.305 e. The Morgan fingerprint density at radius 1 is 1.07 bits per heavy atom. The Labute approximate surface area is 170 Å². The Morgan fingerprint density at radius 3 is 2.39 bits per heavy atom. The molecule has 0 saturated heterocycles. The highest BCUT2D eigenvalue weighted by atomic mass is 35.5. The van der Waals surface area contributed by atoms with E-state index in [1.54, 1.807) is 48.5 Å². The summed E-state index contributed by atoms with van der Waals surface area (Å²) < 4.78 is 1.16. The zero-order chi connectivity index (χ0) is 20.3. The van der Waals surface area contributed by atoms with Gasteiger partial charge < -0.3 is 15.5 Å². The van der Waals surface area contributed by atoms with Crippen molar-refractivity contribution in [3.05, 3.63) is 75.9 Å². The number of carboxylic acids is 1. The van der Waals surface area contributed by atoms with Crippen LogP contribution in [0.25, 0.3) is 5.69 Å². The molecule has 0 aliphatic carbocycles. The lowest BCUT2D eigenvalue weighted by atomic mass is 10.0. The van der Waals surface area contributed by atoms with Gasteiger partial charge in [0.25, 0.3) is 5.91 Å². The van der Waals surface area contributed by atoms with Gasteiger partial charge in [0.2, 0.25) is 5.88 Å². The molecule has 0 aliphatic rings. The number of nitrogens with one attached hydrogen (secondary N) is 1. The molecule has 1 atom stereocenters. The third kappa shape index (κ3) is 4.62. The molecule has 28 heavy (non-hydrogen) atoms. The Bertz CT molecular complexity index is 1040. The first-order chi connectivity index (χ1) is 13.3. The van der Waals surface area contributed by atoms with E-state index in [0.717, 1.165) is 4.68 Å². The lowest BCUT2D eigenvalue weighted by molar-refractivity contribution is -0.137. The maximum Gasteiger partial charge on any atom is 0.305 e. The van der Waals surface area contributed by atoms with Crippen LogP contribution < -0.4 is 5.32 Å². The van der Waals surface area contributed by atoms with Gasteiger partial charge in [-0.25, -0.2) is 4.68 Å². The molecule has 1 amide bonds. The van der Waals surface area contributed by atoms with E-state index < -0.39 is 17.9 Å². The predicted octanol–water partition coefficient (Wildman–Crippen LogP) is 3.83. The maximum absolute atomic E-state index is 12.6. The summed E-state index contributed by atoms with van der Waals surface area (Å²) in [6.45, 7) is 0. The number of carboxylic acid groups (broad SMARTS) is 1. The van der Waals surface area contributed by atoms with E-state index in [1.807, 2.05) is 0 Å². The fourth-order valence-corrected chi connectivity index (χ4v) is 3.05. The molecule has 144 valence electrons. The molecule has 0 aliphatic heterocycles. The molecule has 7 nitrogen and oxygen atoms in total. The summed E-state index contributed by atoms with van der Waals surface area (Å²) in [6.07, 6.45) is -0.340. The molecule has 1 aromatic heterocycles. The standard InChI is InChI=1S/C19H15Cl2N3O4/c20-12-4-1-3-11(7-12)15(10-18(26)27)22-19(28)16-9-17(25)24(23-16)14-6-2-5-13(21)8-14/h1-9,15,25H,10H2,(H,22,28)(H,26,27)/t15-/m0/s1. The third-order valence-electron chi connectivity index (χ3n) is 3.91. The van der Waals surface area contributed by atoms with Crippen LogP contribution in [0, 0.1) is 0 Å². The van der Waals surface area contributed by atoms with Crippen molar-refractivity contribution in [3.8, 4) is 11.6 Å². The average molecular weight is 420 g/mol. The van der Waals surface area contributed by atoms with Gasteiger partial charge in [-0.1, -0.05) is 41.4 Å². The molecule has 2 aromatic carbocycles. The minimum absolute atomic E-state index is 0.0742. The minimum atomic E-state index is -1.09. The largest absolute Gasteiger partial charge is 0.493 e. The lowest BCUT2D eigenvalue weighted by Gasteiger charge is -2.17. The Hall–Kier alpha value is -3.03. The van der Waals surface area contributed by atoms with Gasteiger partial charge in [0.15, 0.2) is 5.69 Å². The highest BCUT2D eigenvalue weighted by molar-refractivity contribution is 6.31. The van der Waals surface area contributed by atoms with E-state index in [2.05, 4.69) is 10.4 Å². The van der Waals surface area contributed by atoms with Crippen molar-refractivity contribution in [2.75, 3.05) is 0 Å². The molecule has 0 spiro atoms. The maximum atomic E-state index is 12.6. The van der Waals surface area contributed by atoms with Crippen LogP contribution in [0.3, 0.4) is 0 Å². The summed E-state index contributed by atoms with van der Waals surface area (Å²) in [4.78, 5) is 23.8. The van der Waals surface area contributed by atoms with Crippen molar-refractivity contribution in [1.82, 2.24) is 15.1 Å². The highest BCUT2D eigenvalue weighted by Gasteiger charge is 2.22. The summed E-state index contributed by atoms with van der Waals surface area (Å²) in [5.74, 6) is -1.98. The van der Waals surface area contributed by atoms with Crippen molar-refractivity contribution >= 4 is 35.1 Å². The van der Waals surface area contributed by atoms with Crippen molar-refractivity contribution in [3.63, 3.8) is 0 Å². The van der Waals surface area contributed by atoms with Crippen LogP contribution in [0.5, 0.6) is 5.88 Å². The summed E-state index contributed by atoms with van der Waals surface area (Å²) in [5, 5.41) is 26.9. The van der Waals surface area contributed by atoms with Crippen LogP contribution in [0.2, 0.25) is 10.0 Å². The monoisotopic (exact) mass is 419 g/mol. The molecule has 0 saturated carbocycles. The molecule has 0 unspecified atom stereocenters. The Kier molecular flexibility index (Phi) is 5.87. The molecule has 3 aromatic rings. The van der Waals surface area contributed by atoms with Gasteiger partial charge >= 0.3 is 5.97 Å². The second-order valence-electron chi connectivity index (χ2n) is 5.96. The number of benzene rings is 2. The number of carbonyl (C=O) groups is 2. The van der Waals surface area contributed by atoms with Gasteiger partial charge in [0, 0.05) is 16.1 Å². The molecule has 0 bridgehead atoms. The van der Waals surface area contributed by atoms with E-state index in [-0.39, 0.29) is 18.0 Å². The van der Waals surface area contributed by atoms with E-state index in [4.69, 9.17) is 28.3 Å². The van der Waals surface area contributed by atoms with Gasteiger partial charge in [-0.3, -0.25) is 9.59 Å². The zero-order valence-corrected chi connectivity index (χ0v) is 15.9. The average Bonchev–Trinajstić information content (AvgIpc) is 3.03. The van der Waals surface area contributed by atoms with Crippen molar-refractivity contribution in [1.29, 1.82) is 0 Å². The molecule has 0 radical (unpaired) electrons. The molecular formula is C19H15Cl2N3O4. The first-order valence-electron chi connectivity index (χ1n) is 8.16. The van der Waals surface area contributed by atoms with Crippen LogP contribution in [-0.2, 0) is 4.79 Å². The molecule has 9 heteroatoms. The van der Waals surface area contributed by atoms with Crippen molar-refractivity contribution < 1.29 is 19.8 Å². The highest BCUT2D eigenvalue weighted by Crippen LogP contribution is 2.23. The molecule has 3 rings (SSSR count). The minimum Gasteiger partial charge on any atom is -0.493 e. The number of nitrogens with zero attached hydrogens (tertiary/aromatic N) is 2.